The van der Waals surface area contributed by atoms with Crippen molar-refractivity contribution in [2.45, 2.75) is 40.5 Å². The summed E-state index contributed by atoms with van der Waals surface area (Å²) >= 11 is 0. The van der Waals surface area contributed by atoms with Gasteiger partial charge in [-0.1, -0.05) is 17.7 Å². The highest BCUT2D eigenvalue weighted by Crippen LogP contribution is 2.19. The molecule has 0 saturated carbocycles. The Labute approximate surface area is 140 Å². The number of anilines is 1. The smallest absolute Gasteiger partial charge is 0.224 e. The number of hydrogen-bond donors (Lipinski definition) is 1. The first-order chi connectivity index (χ1) is 11.5. The number of benzene rings is 1. The predicted octanol–water partition coefficient (Wildman–Crippen LogP) is 2.93. The lowest BCUT2D eigenvalue weighted by Gasteiger charge is -2.11. The number of nitrogens with zero attached hydrogens (tertiary/aromatic N) is 4. The van der Waals surface area contributed by atoms with Gasteiger partial charge in [-0.3, -0.25) is 4.79 Å². The van der Waals surface area contributed by atoms with Crippen molar-refractivity contribution in [1.82, 2.24) is 19.8 Å². The quantitative estimate of drug-likeness (QED) is 0.801. The van der Waals surface area contributed by atoms with Crippen molar-refractivity contribution in [1.29, 1.82) is 0 Å². The topological polar surface area (TPSA) is 72.2 Å². The van der Waals surface area contributed by atoms with Crippen molar-refractivity contribution >= 4 is 17.2 Å². The van der Waals surface area contributed by atoms with E-state index in [1.165, 1.54) is 5.56 Å². The first-order valence-corrected chi connectivity index (χ1v) is 7.99. The zero-order valence-corrected chi connectivity index (χ0v) is 14.4. The fraction of sp³-hybridized carbons (Fsp3) is 0.333. The zero-order chi connectivity index (χ0) is 17.3. The molecule has 3 aromatic rings. The van der Waals surface area contributed by atoms with Gasteiger partial charge >= 0.3 is 0 Å². The Morgan fingerprint density at radius 1 is 1.21 bits per heavy atom. The summed E-state index contributed by atoms with van der Waals surface area (Å²) in [5.74, 6) is 0.00194. The molecule has 1 N–H and O–H groups in total. The maximum absolute atomic E-state index is 12.3. The van der Waals surface area contributed by atoms with E-state index in [1.54, 1.807) is 10.8 Å². The Morgan fingerprint density at radius 3 is 2.75 bits per heavy atom. The maximum Gasteiger partial charge on any atom is 0.224 e. The average molecular weight is 323 g/mol. The van der Waals surface area contributed by atoms with E-state index < -0.39 is 0 Å². The molecule has 0 radical (unpaired) electrons. The fourth-order valence-electron chi connectivity index (χ4n) is 2.95. The standard InChI is InChI=1S/C18H21N5O/c1-11-5-7-16(12(2)9-11)20-17(24)8-6-15-13(3)18-21-19-10-23(18)22-14(15)4/h5,7,9-10H,6,8H2,1-4H3,(H,20,24). The van der Waals surface area contributed by atoms with Gasteiger partial charge in [0.05, 0.1) is 5.69 Å². The van der Waals surface area contributed by atoms with Crippen LogP contribution in [0.4, 0.5) is 5.69 Å². The van der Waals surface area contributed by atoms with E-state index >= 15 is 0 Å². The maximum atomic E-state index is 12.3. The minimum atomic E-state index is 0.00194. The SMILES string of the molecule is Cc1ccc(NC(=O)CCc2c(C)nn3cnnc3c2C)c(C)c1. The molecule has 0 saturated heterocycles. The number of nitrogens with one attached hydrogen (secondary N) is 1. The van der Waals surface area contributed by atoms with Crippen LogP contribution in [-0.2, 0) is 11.2 Å². The van der Waals surface area contributed by atoms with Crippen molar-refractivity contribution in [2.24, 2.45) is 0 Å². The van der Waals surface area contributed by atoms with Gasteiger partial charge in [0.25, 0.3) is 0 Å². The highest BCUT2D eigenvalue weighted by atomic mass is 16.1. The van der Waals surface area contributed by atoms with Gasteiger partial charge in [0.2, 0.25) is 5.91 Å². The van der Waals surface area contributed by atoms with Gasteiger partial charge in [-0.25, -0.2) is 4.52 Å². The molecule has 6 nitrogen and oxygen atoms in total. The Balaban J connectivity index is 1.72. The molecule has 0 unspecified atom stereocenters. The molecule has 2 aromatic heterocycles. The van der Waals surface area contributed by atoms with Gasteiger partial charge in [-0.2, -0.15) is 5.10 Å². The van der Waals surface area contributed by atoms with E-state index in [0.717, 1.165) is 33.7 Å². The van der Waals surface area contributed by atoms with Crippen LogP contribution in [0, 0.1) is 27.7 Å². The van der Waals surface area contributed by atoms with Gasteiger partial charge in [-0.15, -0.1) is 10.2 Å². The van der Waals surface area contributed by atoms with Gasteiger partial charge < -0.3 is 5.32 Å². The number of amides is 1. The molecule has 0 spiro atoms. The van der Waals surface area contributed by atoms with Crippen LogP contribution in [0.25, 0.3) is 5.65 Å². The highest BCUT2D eigenvalue weighted by Gasteiger charge is 2.13. The van der Waals surface area contributed by atoms with Crippen LogP contribution < -0.4 is 5.32 Å². The second-order valence-electron chi connectivity index (χ2n) is 6.15. The minimum Gasteiger partial charge on any atom is -0.326 e. The molecule has 0 atom stereocenters. The summed E-state index contributed by atoms with van der Waals surface area (Å²) in [5, 5.41) is 15.4. The third-order valence-electron chi connectivity index (χ3n) is 4.27. The first-order valence-electron chi connectivity index (χ1n) is 7.99. The number of carbonyl (C=O) groups is 1. The Morgan fingerprint density at radius 2 is 2.00 bits per heavy atom. The molecular formula is C18H21N5O. The number of rotatable bonds is 4. The van der Waals surface area contributed by atoms with Crippen molar-refractivity contribution in [3.05, 3.63) is 52.5 Å². The van der Waals surface area contributed by atoms with Crippen LogP contribution in [0.2, 0.25) is 0 Å². The highest BCUT2D eigenvalue weighted by molar-refractivity contribution is 5.91. The second-order valence-corrected chi connectivity index (χ2v) is 6.15. The van der Waals surface area contributed by atoms with E-state index in [1.807, 2.05) is 39.8 Å². The monoisotopic (exact) mass is 323 g/mol. The molecule has 0 fully saturated rings. The number of carbonyl (C=O) groups excluding carboxylic acids is 1. The van der Waals surface area contributed by atoms with E-state index in [2.05, 4.69) is 26.7 Å². The Bertz CT molecular complexity index is 913. The Hall–Kier alpha value is -2.76. The van der Waals surface area contributed by atoms with Crippen molar-refractivity contribution in [3.63, 3.8) is 0 Å². The van der Waals surface area contributed by atoms with Crippen molar-refractivity contribution in [2.75, 3.05) is 5.32 Å². The van der Waals surface area contributed by atoms with Crippen LogP contribution >= 0.6 is 0 Å². The minimum absolute atomic E-state index is 0.00194. The Kier molecular flexibility index (Phi) is 4.29. The van der Waals surface area contributed by atoms with Crippen LogP contribution in [0.15, 0.2) is 24.5 Å². The van der Waals surface area contributed by atoms with Gasteiger partial charge in [-0.05, 0) is 51.3 Å². The van der Waals surface area contributed by atoms with E-state index in [4.69, 9.17) is 0 Å². The summed E-state index contributed by atoms with van der Waals surface area (Å²) in [4.78, 5) is 12.3. The molecule has 24 heavy (non-hydrogen) atoms. The summed E-state index contributed by atoms with van der Waals surface area (Å²) in [7, 11) is 0. The summed E-state index contributed by atoms with van der Waals surface area (Å²) in [6.45, 7) is 7.98. The fourth-order valence-corrected chi connectivity index (χ4v) is 2.95. The normalized spacial score (nSPS) is 11.0. The summed E-state index contributed by atoms with van der Waals surface area (Å²) < 4.78 is 1.67. The van der Waals surface area contributed by atoms with Gasteiger partial charge in [0.1, 0.15) is 6.33 Å². The molecule has 6 heteroatoms. The number of fused-ring (bicyclic) bond motifs is 1. The van der Waals surface area contributed by atoms with Gasteiger partial charge in [0.15, 0.2) is 5.65 Å². The zero-order valence-electron chi connectivity index (χ0n) is 14.4. The third kappa shape index (κ3) is 3.13. The molecule has 124 valence electrons. The van der Waals surface area contributed by atoms with E-state index in [0.29, 0.717) is 12.8 Å². The lowest BCUT2D eigenvalue weighted by molar-refractivity contribution is -0.116. The molecule has 0 aliphatic rings. The van der Waals surface area contributed by atoms with Crippen molar-refractivity contribution < 1.29 is 4.79 Å². The summed E-state index contributed by atoms with van der Waals surface area (Å²) in [6.07, 6.45) is 2.62. The lowest BCUT2D eigenvalue weighted by atomic mass is 10.0. The first kappa shape index (κ1) is 16.1. The summed E-state index contributed by atoms with van der Waals surface area (Å²) in [5.41, 5.74) is 6.85. The van der Waals surface area contributed by atoms with Crippen LogP contribution in [-0.4, -0.2) is 25.7 Å². The molecule has 0 bridgehead atoms. The molecular weight excluding hydrogens is 302 g/mol. The predicted molar refractivity (Wildman–Crippen MR) is 93.1 cm³/mol. The average Bonchev–Trinajstić information content (AvgIpc) is 2.98. The largest absolute Gasteiger partial charge is 0.326 e. The molecule has 0 aliphatic heterocycles. The van der Waals surface area contributed by atoms with E-state index in [-0.39, 0.29) is 5.91 Å². The number of aromatic nitrogens is 4. The van der Waals surface area contributed by atoms with Gasteiger partial charge in [0, 0.05) is 17.7 Å². The number of hydrogen-bond acceptors (Lipinski definition) is 4. The van der Waals surface area contributed by atoms with Crippen LogP contribution in [0.3, 0.4) is 0 Å². The molecule has 2 heterocycles. The third-order valence-corrected chi connectivity index (χ3v) is 4.27. The van der Waals surface area contributed by atoms with Crippen molar-refractivity contribution in [3.8, 4) is 0 Å². The summed E-state index contributed by atoms with van der Waals surface area (Å²) in [6, 6.07) is 6.01. The van der Waals surface area contributed by atoms with Crippen LogP contribution in [0.1, 0.15) is 34.4 Å². The van der Waals surface area contributed by atoms with Crippen LogP contribution in [0.5, 0.6) is 0 Å². The lowest BCUT2D eigenvalue weighted by Crippen LogP contribution is -2.14. The molecule has 1 amide bonds. The van der Waals surface area contributed by atoms with E-state index in [9.17, 15) is 4.79 Å². The molecule has 0 aliphatic carbocycles. The molecule has 1 aromatic carbocycles. The second kappa shape index (κ2) is 6.39. The number of aryl methyl sites for hydroxylation is 4. The molecule has 3 rings (SSSR count).